The molecule has 19 heavy (non-hydrogen) atoms. The van der Waals surface area contributed by atoms with E-state index < -0.39 is 0 Å². The average Bonchev–Trinajstić information content (AvgIpc) is 2.37. The molecule has 0 fully saturated rings. The van der Waals surface area contributed by atoms with Gasteiger partial charge in [0.25, 0.3) is 0 Å². The monoisotopic (exact) mass is 265 g/mol. The molecule has 0 heterocycles. The molecule has 0 aromatic heterocycles. The van der Waals surface area contributed by atoms with Crippen LogP contribution in [0.1, 0.15) is 33.6 Å². The van der Waals surface area contributed by atoms with Crippen LogP contribution >= 0.6 is 0 Å². The minimum absolute atomic E-state index is 0.277. The Kier molecular flexibility index (Phi) is 6.16. The summed E-state index contributed by atoms with van der Waals surface area (Å²) in [7, 11) is 3.69. The van der Waals surface area contributed by atoms with E-state index in [1.165, 1.54) is 0 Å². The number of methoxy groups -OCH3 is 1. The third kappa shape index (κ3) is 5.11. The summed E-state index contributed by atoms with van der Waals surface area (Å²) in [6.45, 7) is 7.49. The molecule has 0 saturated carbocycles. The minimum atomic E-state index is 0.277. The second-order valence-corrected chi connectivity index (χ2v) is 5.85. The van der Waals surface area contributed by atoms with Crippen LogP contribution < -0.4 is 14.8 Å². The Bertz CT molecular complexity index is 371. The van der Waals surface area contributed by atoms with Gasteiger partial charge >= 0.3 is 0 Å². The van der Waals surface area contributed by atoms with Crippen LogP contribution in [0, 0.1) is 5.41 Å². The molecule has 108 valence electrons. The van der Waals surface area contributed by atoms with Crippen molar-refractivity contribution >= 4 is 0 Å². The van der Waals surface area contributed by atoms with E-state index in [4.69, 9.17) is 9.47 Å². The number of nitrogens with one attached hydrogen (secondary N) is 1. The van der Waals surface area contributed by atoms with Crippen molar-refractivity contribution in [2.75, 3.05) is 20.8 Å². The minimum Gasteiger partial charge on any atom is -0.493 e. The number of rotatable bonds is 7. The van der Waals surface area contributed by atoms with Crippen molar-refractivity contribution < 1.29 is 9.47 Å². The van der Waals surface area contributed by atoms with Crippen LogP contribution in [0.25, 0.3) is 0 Å². The van der Waals surface area contributed by atoms with E-state index >= 15 is 0 Å². The van der Waals surface area contributed by atoms with Gasteiger partial charge < -0.3 is 14.8 Å². The van der Waals surface area contributed by atoms with Gasteiger partial charge in [-0.25, -0.2) is 0 Å². The Hall–Kier alpha value is -1.22. The van der Waals surface area contributed by atoms with Gasteiger partial charge in [0.15, 0.2) is 11.5 Å². The molecule has 1 atom stereocenters. The van der Waals surface area contributed by atoms with Crippen molar-refractivity contribution in [2.24, 2.45) is 5.41 Å². The predicted molar refractivity (Wildman–Crippen MR) is 80.0 cm³/mol. The molecule has 0 aliphatic rings. The van der Waals surface area contributed by atoms with Crippen LogP contribution in [0.5, 0.6) is 11.5 Å². The second-order valence-electron chi connectivity index (χ2n) is 5.85. The first-order valence-corrected chi connectivity index (χ1v) is 6.92. The highest BCUT2D eigenvalue weighted by atomic mass is 16.5. The normalized spacial score (nSPS) is 13.1. The first-order chi connectivity index (χ1) is 8.99. The highest BCUT2D eigenvalue weighted by Gasteiger charge is 2.22. The van der Waals surface area contributed by atoms with E-state index in [2.05, 4.69) is 26.1 Å². The number of ether oxygens (including phenoxy) is 2. The zero-order valence-corrected chi connectivity index (χ0v) is 12.8. The van der Waals surface area contributed by atoms with Crippen molar-refractivity contribution in [3.05, 3.63) is 24.3 Å². The van der Waals surface area contributed by atoms with Gasteiger partial charge in [0.05, 0.1) is 13.7 Å². The quantitative estimate of drug-likeness (QED) is 0.766. The molecule has 3 heteroatoms. The van der Waals surface area contributed by atoms with Gasteiger partial charge in [0, 0.05) is 6.04 Å². The Morgan fingerprint density at radius 2 is 1.79 bits per heavy atom. The number of benzene rings is 1. The molecule has 0 radical (unpaired) electrons. The van der Waals surface area contributed by atoms with E-state index in [-0.39, 0.29) is 5.41 Å². The maximum Gasteiger partial charge on any atom is 0.161 e. The van der Waals surface area contributed by atoms with E-state index in [9.17, 15) is 0 Å². The summed E-state index contributed by atoms with van der Waals surface area (Å²) in [4.78, 5) is 0. The van der Waals surface area contributed by atoms with Crippen LogP contribution in [-0.2, 0) is 0 Å². The summed E-state index contributed by atoms with van der Waals surface area (Å²) in [5.74, 6) is 1.62. The molecule has 0 aliphatic heterocycles. The zero-order valence-electron chi connectivity index (χ0n) is 12.8. The Balaban J connectivity index is 2.38. The maximum atomic E-state index is 5.78. The Labute approximate surface area is 117 Å². The number of para-hydroxylation sites is 2. The summed E-state index contributed by atoms with van der Waals surface area (Å²) in [5, 5.41) is 3.38. The molecule has 1 rings (SSSR count). The van der Waals surface area contributed by atoms with Crippen molar-refractivity contribution in [1.82, 2.24) is 5.32 Å². The van der Waals surface area contributed by atoms with Crippen LogP contribution in [-0.4, -0.2) is 26.8 Å². The van der Waals surface area contributed by atoms with Crippen LogP contribution in [0.15, 0.2) is 24.3 Å². The highest BCUT2D eigenvalue weighted by Crippen LogP contribution is 2.26. The van der Waals surface area contributed by atoms with E-state index in [0.29, 0.717) is 12.6 Å². The molecule has 3 nitrogen and oxygen atoms in total. The molecule has 0 aliphatic carbocycles. The Morgan fingerprint density at radius 1 is 1.16 bits per heavy atom. The van der Waals surface area contributed by atoms with Crippen molar-refractivity contribution in [2.45, 2.75) is 39.7 Å². The predicted octanol–water partition coefficient (Wildman–Crippen LogP) is 3.49. The zero-order chi connectivity index (χ0) is 14.3. The van der Waals surface area contributed by atoms with Gasteiger partial charge in [-0.2, -0.15) is 0 Å². The van der Waals surface area contributed by atoms with Crippen LogP contribution in [0.3, 0.4) is 0 Å². The molecule has 0 saturated heterocycles. The fourth-order valence-corrected chi connectivity index (χ4v) is 2.22. The molecule has 1 N–H and O–H groups in total. The summed E-state index contributed by atoms with van der Waals surface area (Å²) in [5.41, 5.74) is 0.277. The molecular weight excluding hydrogens is 238 g/mol. The van der Waals surface area contributed by atoms with Gasteiger partial charge in [-0.3, -0.25) is 0 Å². The summed E-state index contributed by atoms with van der Waals surface area (Å²) >= 11 is 0. The van der Waals surface area contributed by atoms with Gasteiger partial charge in [0.2, 0.25) is 0 Å². The lowest BCUT2D eigenvalue weighted by Crippen LogP contribution is -2.38. The lowest BCUT2D eigenvalue weighted by molar-refractivity contribution is 0.233. The maximum absolute atomic E-state index is 5.78. The van der Waals surface area contributed by atoms with Gasteiger partial charge in [-0.1, -0.05) is 32.9 Å². The SMILES string of the molecule is CNC(CCCOc1ccccc1OC)C(C)(C)C. The fourth-order valence-electron chi connectivity index (χ4n) is 2.22. The van der Waals surface area contributed by atoms with Gasteiger partial charge in [-0.15, -0.1) is 0 Å². The number of hydrogen-bond acceptors (Lipinski definition) is 3. The van der Waals surface area contributed by atoms with Crippen molar-refractivity contribution in [1.29, 1.82) is 0 Å². The van der Waals surface area contributed by atoms with Crippen LogP contribution in [0.2, 0.25) is 0 Å². The molecule has 1 unspecified atom stereocenters. The topological polar surface area (TPSA) is 30.5 Å². The lowest BCUT2D eigenvalue weighted by Gasteiger charge is -2.30. The third-order valence-corrected chi connectivity index (χ3v) is 3.36. The summed E-state index contributed by atoms with van der Waals surface area (Å²) in [6.07, 6.45) is 2.13. The highest BCUT2D eigenvalue weighted by molar-refractivity contribution is 5.39. The first kappa shape index (κ1) is 15.8. The van der Waals surface area contributed by atoms with Crippen LogP contribution in [0.4, 0.5) is 0 Å². The fraction of sp³-hybridized carbons (Fsp3) is 0.625. The largest absolute Gasteiger partial charge is 0.493 e. The standard InChI is InChI=1S/C16H27NO2/c1-16(2,3)15(17-4)11-8-12-19-14-10-7-6-9-13(14)18-5/h6-7,9-10,15,17H,8,11-12H2,1-5H3. The average molecular weight is 265 g/mol. The molecular formula is C16H27NO2. The molecule has 1 aromatic carbocycles. The second kappa shape index (κ2) is 7.39. The van der Waals surface area contributed by atoms with E-state index in [0.717, 1.165) is 24.3 Å². The molecule has 0 amide bonds. The lowest BCUT2D eigenvalue weighted by atomic mass is 9.84. The summed E-state index contributed by atoms with van der Waals surface area (Å²) < 4.78 is 11.0. The van der Waals surface area contributed by atoms with Gasteiger partial charge in [-0.05, 0) is 37.4 Å². The third-order valence-electron chi connectivity index (χ3n) is 3.36. The molecule has 0 bridgehead atoms. The van der Waals surface area contributed by atoms with Gasteiger partial charge in [0.1, 0.15) is 0 Å². The molecule has 0 spiro atoms. The van der Waals surface area contributed by atoms with E-state index in [1.807, 2.05) is 31.3 Å². The van der Waals surface area contributed by atoms with E-state index in [1.54, 1.807) is 7.11 Å². The smallest absolute Gasteiger partial charge is 0.161 e. The first-order valence-electron chi connectivity index (χ1n) is 6.92. The molecule has 1 aromatic rings. The van der Waals surface area contributed by atoms with Crippen molar-refractivity contribution in [3.63, 3.8) is 0 Å². The Morgan fingerprint density at radius 3 is 2.32 bits per heavy atom. The number of hydrogen-bond donors (Lipinski definition) is 1. The van der Waals surface area contributed by atoms with Crippen molar-refractivity contribution in [3.8, 4) is 11.5 Å². The summed E-state index contributed by atoms with van der Waals surface area (Å²) in [6, 6.07) is 8.28.